The largest absolute Gasteiger partial charge is 0.385 e. The van der Waals surface area contributed by atoms with Crippen molar-refractivity contribution >= 4 is 11.6 Å². The fraction of sp³-hybridized carbons (Fsp3) is 0.611. The van der Waals surface area contributed by atoms with Crippen LogP contribution < -0.4 is 4.90 Å². The number of benzene rings is 1. The summed E-state index contributed by atoms with van der Waals surface area (Å²) in [5.74, 6) is 0.841. The van der Waals surface area contributed by atoms with Gasteiger partial charge in [-0.25, -0.2) is 0 Å². The summed E-state index contributed by atoms with van der Waals surface area (Å²) >= 11 is 0. The summed E-state index contributed by atoms with van der Waals surface area (Å²) in [4.78, 5) is 16.6. The molecule has 1 saturated heterocycles. The Morgan fingerprint density at radius 2 is 2.05 bits per heavy atom. The van der Waals surface area contributed by atoms with Crippen LogP contribution >= 0.6 is 0 Å². The highest BCUT2D eigenvalue weighted by Gasteiger charge is 2.23. The zero-order valence-electron chi connectivity index (χ0n) is 14.0. The number of likely N-dealkylation sites (tertiary alicyclic amines) is 1. The van der Waals surface area contributed by atoms with Crippen LogP contribution in [0.5, 0.6) is 0 Å². The molecule has 1 aliphatic rings. The predicted octanol–water partition coefficient (Wildman–Crippen LogP) is 2.57. The average Bonchev–Trinajstić information content (AvgIpc) is 2.53. The first kappa shape index (κ1) is 16.8. The number of rotatable bonds is 6. The van der Waals surface area contributed by atoms with E-state index in [1.54, 1.807) is 7.11 Å². The Morgan fingerprint density at radius 3 is 2.68 bits per heavy atom. The van der Waals surface area contributed by atoms with Crippen LogP contribution in [0.25, 0.3) is 0 Å². The number of nitrogens with zero attached hydrogens (tertiary/aromatic N) is 2. The quantitative estimate of drug-likeness (QED) is 0.810. The monoisotopic (exact) mass is 304 g/mol. The van der Waals surface area contributed by atoms with Crippen molar-refractivity contribution in [3.05, 3.63) is 29.8 Å². The number of hydrogen-bond acceptors (Lipinski definition) is 3. The molecular weight excluding hydrogens is 276 g/mol. The third kappa shape index (κ3) is 4.73. The summed E-state index contributed by atoms with van der Waals surface area (Å²) in [7, 11) is 5.78. The molecule has 0 aromatic heterocycles. The van der Waals surface area contributed by atoms with Crippen molar-refractivity contribution in [2.45, 2.75) is 25.7 Å². The number of piperidine rings is 1. The van der Waals surface area contributed by atoms with Gasteiger partial charge in [0.15, 0.2) is 0 Å². The summed E-state index contributed by atoms with van der Waals surface area (Å²) in [6.07, 6.45) is 3.88. The van der Waals surface area contributed by atoms with Gasteiger partial charge in [0.1, 0.15) is 0 Å². The van der Waals surface area contributed by atoms with E-state index in [0.717, 1.165) is 43.8 Å². The maximum absolute atomic E-state index is 12.5. The van der Waals surface area contributed by atoms with Crippen molar-refractivity contribution in [2.24, 2.45) is 5.92 Å². The molecule has 4 heteroatoms. The standard InChI is InChI=1S/C18H28N2O2/c1-19(2)17-8-6-15(7-9-17)13-18(21)20-11-4-5-16(14-20)10-12-22-3/h6-9,16H,4-5,10-14H2,1-3H3. The SMILES string of the molecule is COCCC1CCCN(C(=O)Cc2ccc(N(C)C)cc2)C1. The molecule has 1 fully saturated rings. The summed E-state index contributed by atoms with van der Waals surface area (Å²) in [5.41, 5.74) is 2.25. The average molecular weight is 304 g/mol. The maximum Gasteiger partial charge on any atom is 0.226 e. The lowest BCUT2D eigenvalue weighted by atomic mass is 9.94. The van der Waals surface area contributed by atoms with E-state index in [-0.39, 0.29) is 5.91 Å². The highest BCUT2D eigenvalue weighted by atomic mass is 16.5. The highest BCUT2D eigenvalue weighted by Crippen LogP contribution is 2.21. The Balaban J connectivity index is 1.88. The Bertz CT molecular complexity index is 470. The zero-order valence-corrected chi connectivity index (χ0v) is 14.0. The van der Waals surface area contributed by atoms with Crippen LogP contribution in [0, 0.1) is 5.92 Å². The smallest absolute Gasteiger partial charge is 0.226 e. The van der Waals surface area contributed by atoms with Gasteiger partial charge in [-0.05, 0) is 42.9 Å². The molecule has 1 aliphatic heterocycles. The van der Waals surface area contributed by atoms with Gasteiger partial charge >= 0.3 is 0 Å². The van der Waals surface area contributed by atoms with E-state index in [1.165, 1.54) is 6.42 Å². The number of methoxy groups -OCH3 is 1. The first-order chi connectivity index (χ1) is 10.6. The number of carbonyl (C=O) groups is 1. The molecule has 0 radical (unpaired) electrons. The lowest BCUT2D eigenvalue weighted by molar-refractivity contribution is -0.132. The summed E-state index contributed by atoms with van der Waals surface area (Å²) in [6, 6.07) is 8.25. The summed E-state index contributed by atoms with van der Waals surface area (Å²) in [6.45, 7) is 2.58. The van der Waals surface area contributed by atoms with E-state index < -0.39 is 0 Å². The number of anilines is 1. The molecule has 1 heterocycles. The first-order valence-electron chi connectivity index (χ1n) is 8.13. The summed E-state index contributed by atoms with van der Waals surface area (Å²) in [5, 5.41) is 0. The second-order valence-electron chi connectivity index (χ2n) is 6.37. The topological polar surface area (TPSA) is 32.8 Å². The van der Waals surface area contributed by atoms with Gasteiger partial charge in [0.25, 0.3) is 0 Å². The van der Waals surface area contributed by atoms with Gasteiger partial charge in [-0.15, -0.1) is 0 Å². The number of amides is 1. The van der Waals surface area contributed by atoms with Gasteiger partial charge in [0, 0.05) is 46.6 Å². The van der Waals surface area contributed by atoms with E-state index in [2.05, 4.69) is 29.2 Å². The second-order valence-corrected chi connectivity index (χ2v) is 6.37. The van der Waals surface area contributed by atoms with Crippen molar-refractivity contribution in [3.8, 4) is 0 Å². The van der Waals surface area contributed by atoms with Crippen LogP contribution in [-0.4, -0.2) is 51.7 Å². The molecule has 0 saturated carbocycles. The maximum atomic E-state index is 12.5. The molecule has 0 N–H and O–H groups in total. The van der Waals surface area contributed by atoms with Crippen molar-refractivity contribution in [3.63, 3.8) is 0 Å². The molecule has 0 bridgehead atoms. The molecule has 1 unspecified atom stereocenters. The van der Waals surface area contributed by atoms with Gasteiger partial charge in [0.2, 0.25) is 5.91 Å². The number of hydrogen-bond donors (Lipinski definition) is 0. The van der Waals surface area contributed by atoms with Crippen LogP contribution in [0.2, 0.25) is 0 Å². The van der Waals surface area contributed by atoms with E-state index in [0.29, 0.717) is 12.3 Å². The minimum absolute atomic E-state index is 0.250. The third-order valence-electron chi connectivity index (χ3n) is 4.41. The number of carbonyl (C=O) groups excluding carboxylic acids is 1. The van der Waals surface area contributed by atoms with E-state index in [1.807, 2.05) is 19.0 Å². The zero-order chi connectivity index (χ0) is 15.9. The minimum atomic E-state index is 0.250. The first-order valence-corrected chi connectivity index (χ1v) is 8.13. The molecule has 22 heavy (non-hydrogen) atoms. The molecule has 2 rings (SSSR count). The van der Waals surface area contributed by atoms with Gasteiger partial charge in [-0.2, -0.15) is 0 Å². The van der Waals surface area contributed by atoms with Crippen LogP contribution in [0.1, 0.15) is 24.8 Å². The fourth-order valence-electron chi connectivity index (χ4n) is 3.01. The van der Waals surface area contributed by atoms with Crippen molar-refractivity contribution in [1.29, 1.82) is 0 Å². The Hall–Kier alpha value is -1.55. The van der Waals surface area contributed by atoms with E-state index in [9.17, 15) is 4.79 Å². The predicted molar refractivity (Wildman–Crippen MR) is 90.3 cm³/mol. The molecule has 0 aliphatic carbocycles. The van der Waals surface area contributed by atoms with Gasteiger partial charge in [0.05, 0.1) is 6.42 Å². The Kier molecular flexibility index (Phi) is 6.25. The van der Waals surface area contributed by atoms with Crippen LogP contribution in [0.15, 0.2) is 24.3 Å². The molecule has 1 aromatic rings. The fourth-order valence-corrected chi connectivity index (χ4v) is 3.01. The molecule has 4 nitrogen and oxygen atoms in total. The van der Waals surface area contributed by atoms with Crippen LogP contribution in [0.3, 0.4) is 0 Å². The molecule has 0 spiro atoms. The molecule has 1 amide bonds. The van der Waals surface area contributed by atoms with E-state index in [4.69, 9.17) is 4.74 Å². The lowest BCUT2D eigenvalue weighted by Gasteiger charge is -2.33. The minimum Gasteiger partial charge on any atom is -0.385 e. The van der Waals surface area contributed by atoms with Crippen LogP contribution in [-0.2, 0) is 16.0 Å². The van der Waals surface area contributed by atoms with Crippen molar-refractivity contribution in [1.82, 2.24) is 4.90 Å². The third-order valence-corrected chi connectivity index (χ3v) is 4.41. The van der Waals surface area contributed by atoms with Gasteiger partial charge in [-0.3, -0.25) is 4.79 Å². The lowest BCUT2D eigenvalue weighted by Crippen LogP contribution is -2.41. The Labute approximate surface area is 134 Å². The summed E-state index contributed by atoms with van der Waals surface area (Å²) < 4.78 is 5.16. The van der Waals surface area contributed by atoms with E-state index >= 15 is 0 Å². The van der Waals surface area contributed by atoms with Crippen LogP contribution in [0.4, 0.5) is 5.69 Å². The van der Waals surface area contributed by atoms with Gasteiger partial charge in [-0.1, -0.05) is 12.1 Å². The van der Waals surface area contributed by atoms with Crippen molar-refractivity contribution in [2.75, 3.05) is 45.8 Å². The van der Waals surface area contributed by atoms with Crippen molar-refractivity contribution < 1.29 is 9.53 Å². The number of ether oxygens (including phenoxy) is 1. The second kappa shape index (κ2) is 8.18. The van der Waals surface area contributed by atoms with Gasteiger partial charge < -0.3 is 14.5 Å². The Morgan fingerprint density at radius 1 is 1.32 bits per heavy atom. The molecule has 1 atom stereocenters. The molecular formula is C18H28N2O2. The highest BCUT2D eigenvalue weighted by molar-refractivity contribution is 5.79. The molecule has 122 valence electrons. The normalized spacial score (nSPS) is 18.3. The molecule has 1 aromatic carbocycles.